The van der Waals surface area contributed by atoms with Crippen LogP contribution in [-0.2, 0) is 5.54 Å². The van der Waals surface area contributed by atoms with Gasteiger partial charge in [-0.2, -0.15) is 0 Å². The standard InChI is InChI=1S/C14H18N4O/c1-14(7-4-8-16-14)13-17-10-6-3-5-9(11(10)18-13)12(19)15-2/h3,5-6,16H,4,7-8H2,1-2H3,(H,15,19)(H,17,18)/t14-/m0/s1. The van der Waals surface area contributed by atoms with E-state index in [1.54, 1.807) is 13.1 Å². The molecule has 1 aliphatic heterocycles. The van der Waals surface area contributed by atoms with E-state index in [-0.39, 0.29) is 11.4 Å². The number of imidazole rings is 1. The molecule has 2 aromatic rings. The van der Waals surface area contributed by atoms with E-state index in [1.807, 2.05) is 12.1 Å². The third kappa shape index (κ3) is 1.90. The van der Waals surface area contributed by atoms with E-state index < -0.39 is 0 Å². The number of aromatic nitrogens is 2. The van der Waals surface area contributed by atoms with Crippen LogP contribution in [0.1, 0.15) is 35.9 Å². The minimum absolute atomic E-state index is 0.104. The van der Waals surface area contributed by atoms with E-state index in [4.69, 9.17) is 0 Å². The lowest BCUT2D eigenvalue weighted by Gasteiger charge is -2.21. The van der Waals surface area contributed by atoms with Crippen molar-refractivity contribution in [1.29, 1.82) is 0 Å². The summed E-state index contributed by atoms with van der Waals surface area (Å²) in [6.07, 6.45) is 2.21. The normalized spacial score (nSPS) is 22.8. The van der Waals surface area contributed by atoms with Crippen LogP contribution < -0.4 is 10.6 Å². The Labute approximate surface area is 111 Å². The molecule has 100 valence electrons. The predicted molar refractivity (Wildman–Crippen MR) is 74.1 cm³/mol. The van der Waals surface area contributed by atoms with Gasteiger partial charge in [-0.3, -0.25) is 4.79 Å². The number of benzene rings is 1. The predicted octanol–water partition coefficient (Wildman–Crippen LogP) is 1.52. The van der Waals surface area contributed by atoms with Crippen molar-refractivity contribution in [2.75, 3.05) is 13.6 Å². The number of fused-ring (bicyclic) bond motifs is 1. The topological polar surface area (TPSA) is 69.8 Å². The van der Waals surface area contributed by atoms with E-state index in [9.17, 15) is 4.79 Å². The molecule has 0 radical (unpaired) electrons. The van der Waals surface area contributed by atoms with E-state index in [1.165, 1.54) is 0 Å². The smallest absolute Gasteiger partial charge is 0.253 e. The molecule has 5 heteroatoms. The number of amides is 1. The van der Waals surface area contributed by atoms with Gasteiger partial charge in [-0.15, -0.1) is 0 Å². The fourth-order valence-corrected chi connectivity index (χ4v) is 2.71. The number of para-hydroxylation sites is 1. The van der Waals surface area contributed by atoms with Gasteiger partial charge in [0, 0.05) is 7.05 Å². The van der Waals surface area contributed by atoms with Crippen molar-refractivity contribution >= 4 is 16.9 Å². The molecule has 1 saturated heterocycles. The molecule has 1 aromatic carbocycles. The maximum Gasteiger partial charge on any atom is 0.253 e. The Bertz CT molecular complexity index is 625. The van der Waals surface area contributed by atoms with Gasteiger partial charge in [-0.05, 0) is 38.4 Å². The molecule has 1 aromatic heterocycles. The zero-order valence-electron chi connectivity index (χ0n) is 11.2. The summed E-state index contributed by atoms with van der Waals surface area (Å²) in [5, 5.41) is 6.13. The molecule has 3 rings (SSSR count). The van der Waals surface area contributed by atoms with Gasteiger partial charge in [-0.25, -0.2) is 4.98 Å². The highest BCUT2D eigenvalue weighted by molar-refractivity contribution is 6.04. The fraction of sp³-hybridized carbons (Fsp3) is 0.429. The lowest BCUT2D eigenvalue weighted by Crippen LogP contribution is -2.34. The number of rotatable bonds is 2. The van der Waals surface area contributed by atoms with Crippen molar-refractivity contribution in [3.63, 3.8) is 0 Å². The fourth-order valence-electron chi connectivity index (χ4n) is 2.71. The number of nitrogens with zero attached hydrogens (tertiary/aromatic N) is 1. The van der Waals surface area contributed by atoms with Crippen molar-refractivity contribution in [2.45, 2.75) is 25.3 Å². The molecule has 19 heavy (non-hydrogen) atoms. The van der Waals surface area contributed by atoms with Gasteiger partial charge in [0.15, 0.2) is 0 Å². The molecule has 0 unspecified atom stereocenters. The largest absolute Gasteiger partial charge is 0.355 e. The second kappa shape index (κ2) is 4.35. The summed E-state index contributed by atoms with van der Waals surface area (Å²) < 4.78 is 0. The highest BCUT2D eigenvalue weighted by Crippen LogP contribution is 2.30. The summed E-state index contributed by atoms with van der Waals surface area (Å²) >= 11 is 0. The first kappa shape index (κ1) is 12.2. The Morgan fingerprint density at radius 3 is 3.00 bits per heavy atom. The molecular weight excluding hydrogens is 240 g/mol. The number of hydrogen-bond donors (Lipinski definition) is 3. The summed E-state index contributed by atoms with van der Waals surface area (Å²) in [7, 11) is 1.63. The van der Waals surface area contributed by atoms with Gasteiger partial charge < -0.3 is 15.6 Å². The lowest BCUT2D eigenvalue weighted by molar-refractivity contribution is 0.0964. The van der Waals surface area contributed by atoms with Crippen LogP contribution in [0.2, 0.25) is 0 Å². The maximum absolute atomic E-state index is 11.9. The number of aromatic amines is 1. The van der Waals surface area contributed by atoms with E-state index in [0.29, 0.717) is 5.56 Å². The van der Waals surface area contributed by atoms with Gasteiger partial charge in [-0.1, -0.05) is 6.07 Å². The molecule has 1 atom stereocenters. The first-order valence-corrected chi connectivity index (χ1v) is 6.60. The third-order valence-electron chi connectivity index (χ3n) is 3.88. The van der Waals surface area contributed by atoms with Crippen LogP contribution in [0.5, 0.6) is 0 Å². The van der Waals surface area contributed by atoms with E-state index >= 15 is 0 Å². The summed E-state index contributed by atoms with van der Waals surface area (Å²) in [4.78, 5) is 19.9. The van der Waals surface area contributed by atoms with Crippen molar-refractivity contribution in [1.82, 2.24) is 20.6 Å². The van der Waals surface area contributed by atoms with Gasteiger partial charge in [0.2, 0.25) is 0 Å². The lowest BCUT2D eigenvalue weighted by atomic mass is 10.00. The molecule has 0 bridgehead atoms. The van der Waals surface area contributed by atoms with Crippen molar-refractivity contribution in [3.05, 3.63) is 29.6 Å². The monoisotopic (exact) mass is 258 g/mol. The van der Waals surface area contributed by atoms with Gasteiger partial charge in [0.1, 0.15) is 11.3 Å². The molecule has 1 aliphatic rings. The van der Waals surface area contributed by atoms with Gasteiger partial charge in [0.25, 0.3) is 5.91 Å². The molecule has 1 fully saturated rings. The molecular formula is C14H18N4O. The molecule has 0 aliphatic carbocycles. The van der Waals surface area contributed by atoms with Gasteiger partial charge >= 0.3 is 0 Å². The number of H-pyrrole nitrogens is 1. The van der Waals surface area contributed by atoms with Crippen LogP contribution in [0.4, 0.5) is 0 Å². The van der Waals surface area contributed by atoms with Crippen LogP contribution in [0.3, 0.4) is 0 Å². The SMILES string of the molecule is CNC(=O)c1cccc2[nH]c([C@]3(C)CCCN3)nc12. The van der Waals surface area contributed by atoms with Crippen LogP contribution in [-0.4, -0.2) is 29.5 Å². The van der Waals surface area contributed by atoms with Crippen LogP contribution in [0.15, 0.2) is 18.2 Å². The highest BCUT2D eigenvalue weighted by Gasteiger charge is 2.33. The zero-order valence-corrected chi connectivity index (χ0v) is 11.2. The van der Waals surface area contributed by atoms with Crippen molar-refractivity contribution in [2.24, 2.45) is 0 Å². The Hall–Kier alpha value is -1.88. The number of carbonyl (C=O) groups excluding carboxylic acids is 1. The summed E-state index contributed by atoms with van der Waals surface area (Å²) in [6.45, 7) is 3.16. The molecule has 5 nitrogen and oxygen atoms in total. The molecule has 3 N–H and O–H groups in total. The first-order chi connectivity index (χ1) is 9.14. The van der Waals surface area contributed by atoms with Crippen LogP contribution in [0, 0.1) is 0 Å². The van der Waals surface area contributed by atoms with Crippen LogP contribution in [0.25, 0.3) is 11.0 Å². The molecule has 0 saturated carbocycles. The minimum Gasteiger partial charge on any atom is -0.355 e. The average Bonchev–Trinajstić information content (AvgIpc) is 3.04. The summed E-state index contributed by atoms with van der Waals surface area (Å²) in [5.74, 6) is 0.810. The first-order valence-electron chi connectivity index (χ1n) is 6.60. The van der Waals surface area contributed by atoms with E-state index in [2.05, 4.69) is 27.5 Å². The highest BCUT2D eigenvalue weighted by atomic mass is 16.1. The summed E-state index contributed by atoms with van der Waals surface area (Å²) in [5.41, 5.74) is 2.15. The minimum atomic E-state index is -0.112. The maximum atomic E-state index is 11.9. The zero-order chi connectivity index (χ0) is 13.5. The summed E-state index contributed by atoms with van der Waals surface area (Å²) in [6, 6.07) is 5.63. The molecule has 0 spiro atoms. The molecule has 2 heterocycles. The number of carbonyl (C=O) groups is 1. The Balaban J connectivity index is 2.13. The number of nitrogens with one attached hydrogen (secondary N) is 3. The molecule has 1 amide bonds. The third-order valence-corrected chi connectivity index (χ3v) is 3.88. The Morgan fingerprint density at radius 2 is 2.32 bits per heavy atom. The van der Waals surface area contributed by atoms with Crippen molar-refractivity contribution < 1.29 is 4.79 Å². The number of hydrogen-bond acceptors (Lipinski definition) is 3. The van der Waals surface area contributed by atoms with E-state index in [0.717, 1.165) is 36.2 Å². The second-order valence-corrected chi connectivity index (χ2v) is 5.23. The van der Waals surface area contributed by atoms with Crippen LogP contribution >= 0.6 is 0 Å². The quantitative estimate of drug-likeness (QED) is 0.765. The second-order valence-electron chi connectivity index (χ2n) is 5.23. The average molecular weight is 258 g/mol. The van der Waals surface area contributed by atoms with Gasteiger partial charge in [0.05, 0.1) is 16.6 Å². The van der Waals surface area contributed by atoms with Crippen molar-refractivity contribution in [3.8, 4) is 0 Å². The Kier molecular flexibility index (Phi) is 2.78. The Morgan fingerprint density at radius 1 is 1.47 bits per heavy atom.